The number of aliphatic imine (C=N–C) groups is 1. The molecule has 3 rings (SSSR count). The van der Waals surface area contributed by atoms with Gasteiger partial charge in [-0.25, -0.2) is 9.98 Å². The third-order valence-electron chi connectivity index (χ3n) is 6.03. The first kappa shape index (κ1) is 26.0. The van der Waals surface area contributed by atoms with Crippen molar-refractivity contribution < 1.29 is 0 Å². The molecule has 2 aromatic rings. The summed E-state index contributed by atoms with van der Waals surface area (Å²) in [7, 11) is 0. The molecule has 3 heterocycles. The molecule has 0 radical (unpaired) electrons. The van der Waals surface area contributed by atoms with Crippen LogP contribution in [0.1, 0.15) is 44.7 Å². The van der Waals surface area contributed by atoms with Crippen molar-refractivity contribution in [3.05, 3.63) is 77.5 Å². The van der Waals surface area contributed by atoms with Gasteiger partial charge >= 0.3 is 0 Å². The summed E-state index contributed by atoms with van der Waals surface area (Å²) in [5.74, 6) is 0.697. The maximum Gasteiger partial charge on any atom is 0.111 e. The Kier molecular flexibility index (Phi) is 9.10. The van der Waals surface area contributed by atoms with Gasteiger partial charge in [-0.3, -0.25) is 0 Å². The van der Waals surface area contributed by atoms with E-state index >= 15 is 0 Å². The summed E-state index contributed by atoms with van der Waals surface area (Å²) in [4.78, 5) is 9.02. The second-order valence-corrected chi connectivity index (χ2v) is 9.30. The Morgan fingerprint density at radius 1 is 1.49 bits per heavy atom. The van der Waals surface area contributed by atoms with E-state index in [4.69, 9.17) is 5.41 Å². The van der Waals surface area contributed by atoms with Gasteiger partial charge in [-0.2, -0.15) is 5.26 Å². The Bertz CT molecular complexity index is 1210. The minimum absolute atomic E-state index is 0.105. The van der Waals surface area contributed by atoms with Crippen molar-refractivity contribution in [2.75, 3.05) is 6.26 Å². The van der Waals surface area contributed by atoms with Gasteiger partial charge < -0.3 is 20.6 Å². The average Bonchev–Trinajstić information content (AvgIpc) is 3.36. The summed E-state index contributed by atoms with van der Waals surface area (Å²) in [5.41, 5.74) is 5.55. The van der Waals surface area contributed by atoms with Crippen molar-refractivity contribution in [3.8, 4) is 11.8 Å². The molecule has 0 saturated heterocycles. The van der Waals surface area contributed by atoms with Crippen molar-refractivity contribution in [1.29, 1.82) is 10.7 Å². The number of hydrogen-bond acceptors (Lipinski definition) is 7. The second-order valence-electron chi connectivity index (χ2n) is 8.50. The molecule has 0 amide bonds. The van der Waals surface area contributed by atoms with Crippen LogP contribution in [0.4, 0.5) is 0 Å². The summed E-state index contributed by atoms with van der Waals surface area (Å²) < 4.78 is 2.00. The molecule has 3 N–H and O–H groups in total. The quantitative estimate of drug-likeness (QED) is 0.238. The molecule has 1 aliphatic rings. The summed E-state index contributed by atoms with van der Waals surface area (Å²) in [6, 6.07) is 6.40. The molecule has 0 fully saturated rings. The smallest absolute Gasteiger partial charge is 0.111 e. The Morgan fingerprint density at radius 3 is 2.97 bits per heavy atom. The maximum absolute atomic E-state index is 9.42. The van der Waals surface area contributed by atoms with E-state index in [1.54, 1.807) is 6.20 Å². The first-order valence-electron chi connectivity index (χ1n) is 11.6. The van der Waals surface area contributed by atoms with Gasteiger partial charge in [-0.1, -0.05) is 25.2 Å². The fourth-order valence-electron chi connectivity index (χ4n) is 3.90. The zero-order valence-corrected chi connectivity index (χ0v) is 21.6. The fourth-order valence-corrected chi connectivity index (χ4v) is 4.41. The van der Waals surface area contributed by atoms with E-state index in [-0.39, 0.29) is 12.0 Å². The molecule has 2 unspecified atom stereocenters. The molecule has 0 aliphatic carbocycles. The minimum Gasteiger partial charge on any atom is -0.382 e. The third-order valence-corrected chi connectivity index (χ3v) is 6.76. The Hall–Kier alpha value is -3.57. The van der Waals surface area contributed by atoms with Crippen LogP contribution in [-0.2, 0) is 6.54 Å². The van der Waals surface area contributed by atoms with Crippen LogP contribution in [0.3, 0.4) is 0 Å². The van der Waals surface area contributed by atoms with Crippen molar-refractivity contribution in [1.82, 2.24) is 20.2 Å². The lowest BCUT2D eigenvalue weighted by molar-refractivity contribution is 0.607. The lowest BCUT2D eigenvalue weighted by Gasteiger charge is -2.28. The topological polar surface area (TPSA) is 102 Å². The molecular weight excluding hydrogens is 454 g/mol. The highest BCUT2D eigenvalue weighted by Gasteiger charge is 2.25. The second kappa shape index (κ2) is 12.2. The van der Waals surface area contributed by atoms with E-state index in [1.165, 1.54) is 23.5 Å². The number of amidine groups is 1. The largest absolute Gasteiger partial charge is 0.382 e. The molecule has 35 heavy (non-hydrogen) atoms. The first-order chi connectivity index (χ1) is 16.9. The Labute approximate surface area is 212 Å². The standard InChI is InChI=1S/C27H33N7S/c1-6-7-18(2)19(3)33-20(4)25-10-22(12-28)15-31-26(25)30-14-21-8-9-34(17-21)24-11-23(13-29)27(35-5)32-16-24/h7-9,11,13,15-17,19,25,29,33H,4,6,10,14H2,1-3,5H3,(H,30,31)/b18-7+,29-13?. The summed E-state index contributed by atoms with van der Waals surface area (Å²) in [6.07, 6.45) is 14.5. The van der Waals surface area contributed by atoms with Gasteiger partial charge in [-0.05, 0) is 50.6 Å². The van der Waals surface area contributed by atoms with Gasteiger partial charge in [0.2, 0.25) is 0 Å². The number of rotatable bonds is 10. The van der Waals surface area contributed by atoms with Crippen LogP contribution in [0, 0.1) is 22.7 Å². The average molecular weight is 488 g/mol. The molecule has 0 bridgehead atoms. The number of nitrogens with zero attached hydrogens (tertiary/aromatic N) is 4. The van der Waals surface area contributed by atoms with Gasteiger partial charge in [0.1, 0.15) is 10.9 Å². The number of hydrogen-bond donors (Lipinski definition) is 3. The highest BCUT2D eigenvalue weighted by Crippen LogP contribution is 2.24. The van der Waals surface area contributed by atoms with Crippen LogP contribution in [0.25, 0.3) is 5.69 Å². The van der Waals surface area contributed by atoms with Gasteiger partial charge in [0.15, 0.2) is 0 Å². The zero-order valence-electron chi connectivity index (χ0n) is 20.8. The number of aromatic nitrogens is 2. The molecule has 7 nitrogen and oxygen atoms in total. The van der Waals surface area contributed by atoms with Gasteiger partial charge in [0, 0.05) is 54.2 Å². The van der Waals surface area contributed by atoms with E-state index in [9.17, 15) is 5.26 Å². The molecule has 0 spiro atoms. The van der Waals surface area contributed by atoms with Gasteiger partial charge in [-0.15, -0.1) is 11.8 Å². The molecule has 2 atom stereocenters. The van der Waals surface area contributed by atoms with Crippen molar-refractivity contribution in [3.63, 3.8) is 0 Å². The number of allylic oxidation sites excluding steroid dienone is 2. The normalized spacial score (nSPS) is 16.5. The summed E-state index contributed by atoms with van der Waals surface area (Å²) >= 11 is 1.53. The predicted octanol–water partition coefficient (Wildman–Crippen LogP) is 5.36. The summed E-state index contributed by atoms with van der Waals surface area (Å²) in [6.45, 7) is 11.2. The van der Waals surface area contributed by atoms with Crippen molar-refractivity contribution >= 4 is 23.8 Å². The predicted molar refractivity (Wildman–Crippen MR) is 145 cm³/mol. The lowest BCUT2D eigenvalue weighted by atomic mass is 9.93. The third kappa shape index (κ3) is 6.52. The monoisotopic (exact) mass is 487 g/mol. The van der Waals surface area contributed by atoms with Crippen LogP contribution in [-0.4, -0.2) is 33.9 Å². The maximum atomic E-state index is 9.42. The molecular formula is C27H33N7S. The first-order valence-corrected chi connectivity index (χ1v) is 12.9. The van der Waals surface area contributed by atoms with Gasteiger partial charge in [0.25, 0.3) is 0 Å². The van der Waals surface area contributed by atoms with E-state index < -0.39 is 0 Å². The fraction of sp³-hybridized carbons (Fsp3) is 0.333. The number of nitrogens with one attached hydrogen (secondary N) is 3. The Balaban J connectivity index is 1.72. The van der Waals surface area contributed by atoms with Crippen LogP contribution in [0.2, 0.25) is 0 Å². The van der Waals surface area contributed by atoms with Crippen molar-refractivity contribution in [2.45, 2.75) is 51.2 Å². The molecule has 0 saturated carbocycles. The number of nitriles is 1. The SMILES string of the molecule is C=C(NC(C)/C(C)=C/CC)C1CC(C#N)=CN=C1NCc1ccn(-c2cnc(SC)c(C=N)c2)c1. The molecule has 0 aromatic carbocycles. The minimum atomic E-state index is -0.105. The van der Waals surface area contributed by atoms with Crippen LogP contribution >= 0.6 is 11.8 Å². The van der Waals surface area contributed by atoms with E-state index in [0.29, 0.717) is 18.5 Å². The molecule has 1 aliphatic heterocycles. The van der Waals surface area contributed by atoms with Gasteiger partial charge in [0.05, 0.1) is 23.9 Å². The molecule has 8 heteroatoms. The molecule has 182 valence electrons. The number of thioether (sulfide) groups is 1. The Morgan fingerprint density at radius 2 is 2.29 bits per heavy atom. The van der Waals surface area contributed by atoms with E-state index in [2.05, 4.69) is 60.1 Å². The highest BCUT2D eigenvalue weighted by molar-refractivity contribution is 7.98. The van der Waals surface area contributed by atoms with E-state index in [1.807, 2.05) is 41.5 Å². The van der Waals surface area contributed by atoms with Crippen LogP contribution < -0.4 is 10.6 Å². The van der Waals surface area contributed by atoms with Crippen LogP contribution in [0.15, 0.2) is 76.4 Å². The summed E-state index contributed by atoms with van der Waals surface area (Å²) in [5, 5.41) is 24.9. The lowest BCUT2D eigenvalue weighted by Crippen LogP contribution is -2.39. The zero-order chi connectivity index (χ0) is 25.4. The number of pyridine rings is 1. The molecule has 2 aromatic heterocycles. The van der Waals surface area contributed by atoms with Crippen LogP contribution in [0.5, 0.6) is 0 Å². The van der Waals surface area contributed by atoms with Crippen molar-refractivity contribution in [2.24, 2.45) is 10.9 Å². The van der Waals surface area contributed by atoms with E-state index in [0.717, 1.165) is 39.8 Å². The highest BCUT2D eigenvalue weighted by atomic mass is 32.2.